The number of hydrazone groups is 1. The molecule has 1 aromatic carbocycles. The Labute approximate surface area is 95.1 Å². The van der Waals surface area contributed by atoms with Gasteiger partial charge in [0.1, 0.15) is 0 Å². The first kappa shape index (κ1) is 12.2. The molecule has 1 aromatic rings. The van der Waals surface area contributed by atoms with Crippen molar-refractivity contribution in [1.29, 1.82) is 5.53 Å². The third-order valence-corrected chi connectivity index (χ3v) is 1.69. The zero-order chi connectivity index (χ0) is 12.7. The number of nitro benzene ring substituents is 1. The standard InChI is InChI=1S/C8H8N6O3/c9-10-5-11-13-12-8(15)6-1-3-7(4-2-6)14(16)17/h1-5,9,13H,(H,12,15)/b10-9?,11-5+. The summed E-state index contributed by atoms with van der Waals surface area (Å²) in [5.41, 5.74) is 10.8. The molecule has 9 heteroatoms. The number of rotatable bonds is 5. The first-order valence-electron chi connectivity index (χ1n) is 4.33. The van der Waals surface area contributed by atoms with E-state index >= 15 is 0 Å². The van der Waals surface area contributed by atoms with Gasteiger partial charge in [0.25, 0.3) is 11.6 Å². The minimum Gasteiger partial charge on any atom is -0.267 e. The van der Waals surface area contributed by atoms with E-state index in [1.165, 1.54) is 24.3 Å². The summed E-state index contributed by atoms with van der Waals surface area (Å²) >= 11 is 0. The summed E-state index contributed by atoms with van der Waals surface area (Å²) in [6.07, 6.45) is 0.885. The molecule has 0 aliphatic heterocycles. The molecule has 1 rings (SSSR count). The number of nitrogens with zero attached hydrogens (tertiary/aromatic N) is 3. The zero-order valence-corrected chi connectivity index (χ0v) is 8.45. The van der Waals surface area contributed by atoms with Crippen LogP contribution >= 0.6 is 0 Å². The molecule has 0 aromatic heterocycles. The van der Waals surface area contributed by atoms with Gasteiger partial charge in [0.05, 0.1) is 4.92 Å². The minimum absolute atomic E-state index is 0.0967. The number of carbonyl (C=O) groups excluding carboxylic acids is 1. The van der Waals surface area contributed by atoms with Gasteiger partial charge in [-0.15, -0.1) is 10.2 Å². The number of hydrazine groups is 1. The first-order valence-corrected chi connectivity index (χ1v) is 4.33. The van der Waals surface area contributed by atoms with Crippen molar-refractivity contribution >= 4 is 17.9 Å². The maximum absolute atomic E-state index is 11.4. The lowest BCUT2D eigenvalue weighted by atomic mass is 10.2. The van der Waals surface area contributed by atoms with Gasteiger partial charge < -0.3 is 0 Å². The minimum atomic E-state index is -0.556. The number of benzene rings is 1. The van der Waals surface area contributed by atoms with Gasteiger partial charge in [0.15, 0.2) is 6.34 Å². The average molecular weight is 236 g/mol. The summed E-state index contributed by atoms with van der Waals surface area (Å²) in [6.45, 7) is 0. The number of hydrogen-bond donors (Lipinski definition) is 3. The molecule has 17 heavy (non-hydrogen) atoms. The fourth-order valence-electron chi connectivity index (χ4n) is 0.947. The Morgan fingerprint density at radius 1 is 1.41 bits per heavy atom. The Hall–Kier alpha value is -2.84. The molecule has 0 saturated heterocycles. The maximum Gasteiger partial charge on any atom is 0.270 e. The van der Waals surface area contributed by atoms with E-state index in [2.05, 4.69) is 21.2 Å². The Bertz CT molecular complexity index is 455. The summed E-state index contributed by atoms with van der Waals surface area (Å²) < 4.78 is 0. The van der Waals surface area contributed by atoms with Crippen LogP contribution in [-0.2, 0) is 0 Å². The highest BCUT2D eigenvalue weighted by Crippen LogP contribution is 2.11. The van der Waals surface area contributed by atoms with Crippen LogP contribution in [-0.4, -0.2) is 17.2 Å². The molecular weight excluding hydrogens is 228 g/mol. The van der Waals surface area contributed by atoms with Crippen molar-refractivity contribution in [1.82, 2.24) is 11.0 Å². The van der Waals surface area contributed by atoms with Crippen LogP contribution in [0.3, 0.4) is 0 Å². The van der Waals surface area contributed by atoms with Crippen LogP contribution in [0.5, 0.6) is 0 Å². The Balaban J connectivity index is 2.60. The molecule has 0 aliphatic carbocycles. The summed E-state index contributed by atoms with van der Waals surface area (Å²) in [5, 5.41) is 16.5. The van der Waals surface area contributed by atoms with Crippen LogP contribution in [0.4, 0.5) is 5.69 Å². The monoisotopic (exact) mass is 236 g/mol. The average Bonchev–Trinajstić information content (AvgIpc) is 2.34. The molecule has 0 spiro atoms. The van der Waals surface area contributed by atoms with Gasteiger partial charge in [-0.3, -0.25) is 14.9 Å². The highest BCUT2D eigenvalue weighted by atomic mass is 16.6. The second-order valence-corrected chi connectivity index (χ2v) is 2.74. The molecule has 0 heterocycles. The summed E-state index contributed by atoms with van der Waals surface area (Å²) in [7, 11) is 0. The normalized spacial score (nSPS) is 9.88. The molecule has 1 amide bonds. The molecule has 9 nitrogen and oxygen atoms in total. The van der Waals surface area contributed by atoms with E-state index in [4.69, 9.17) is 5.53 Å². The van der Waals surface area contributed by atoms with Gasteiger partial charge >= 0.3 is 0 Å². The van der Waals surface area contributed by atoms with E-state index in [1.54, 1.807) is 0 Å². The number of carbonyl (C=O) groups is 1. The van der Waals surface area contributed by atoms with Gasteiger partial charge in [0, 0.05) is 17.7 Å². The Morgan fingerprint density at radius 3 is 2.59 bits per heavy atom. The predicted octanol–water partition coefficient (Wildman–Crippen LogP) is 0.803. The van der Waals surface area contributed by atoms with E-state index < -0.39 is 10.8 Å². The molecule has 0 fully saturated rings. The summed E-state index contributed by atoms with van der Waals surface area (Å²) in [5.74, 6) is -0.512. The topological polar surface area (TPSA) is 133 Å². The predicted molar refractivity (Wildman–Crippen MR) is 57.3 cm³/mol. The molecule has 0 radical (unpaired) electrons. The van der Waals surface area contributed by atoms with Gasteiger partial charge in [-0.1, -0.05) is 0 Å². The van der Waals surface area contributed by atoms with Crippen molar-refractivity contribution in [2.24, 2.45) is 10.2 Å². The van der Waals surface area contributed by atoms with Crippen LogP contribution in [0.15, 0.2) is 34.5 Å². The quantitative estimate of drug-likeness (QED) is 0.229. The van der Waals surface area contributed by atoms with Crippen LogP contribution in [0.2, 0.25) is 0 Å². The molecule has 0 bridgehead atoms. The van der Waals surface area contributed by atoms with Crippen molar-refractivity contribution in [2.75, 3.05) is 0 Å². The molecule has 0 aliphatic rings. The van der Waals surface area contributed by atoms with Crippen molar-refractivity contribution in [3.05, 3.63) is 39.9 Å². The molecule has 0 atom stereocenters. The number of hydrogen-bond acceptors (Lipinski definition) is 6. The number of nitrogens with one attached hydrogen (secondary N) is 3. The van der Waals surface area contributed by atoms with Crippen LogP contribution in [0, 0.1) is 15.6 Å². The highest BCUT2D eigenvalue weighted by Gasteiger charge is 2.08. The van der Waals surface area contributed by atoms with Crippen LogP contribution in [0.1, 0.15) is 10.4 Å². The Kier molecular flexibility index (Phi) is 4.25. The van der Waals surface area contributed by atoms with Gasteiger partial charge in [-0.05, 0) is 12.1 Å². The summed E-state index contributed by atoms with van der Waals surface area (Å²) in [6, 6.07) is 5.07. The molecule has 0 saturated carbocycles. The number of non-ortho nitro benzene ring substituents is 1. The van der Waals surface area contributed by atoms with Gasteiger partial charge in [-0.2, -0.15) is 0 Å². The second kappa shape index (κ2) is 5.90. The SMILES string of the molecule is N=N/C=N/NNC(=O)c1ccc([N+](=O)[O-])cc1. The molecular formula is C8H8N6O3. The molecule has 0 unspecified atom stereocenters. The van der Waals surface area contributed by atoms with Crippen molar-refractivity contribution in [3.63, 3.8) is 0 Å². The van der Waals surface area contributed by atoms with E-state index in [0.717, 1.165) is 6.34 Å². The third-order valence-electron chi connectivity index (χ3n) is 1.69. The maximum atomic E-state index is 11.4. The molecule has 88 valence electrons. The van der Waals surface area contributed by atoms with E-state index in [-0.39, 0.29) is 11.3 Å². The zero-order valence-electron chi connectivity index (χ0n) is 8.45. The van der Waals surface area contributed by atoms with E-state index in [1.807, 2.05) is 0 Å². The van der Waals surface area contributed by atoms with Crippen LogP contribution in [0.25, 0.3) is 0 Å². The third kappa shape index (κ3) is 3.66. The van der Waals surface area contributed by atoms with E-state index in [9.17, 15) is 14.9 Å². The number of amides is 1. The number of nitro groups is 1. The fraction of sp³-hybridized carbons (Fsp3) is 0. The van der Waals surface area contributed by atoms with Gasteiger partial charge in [-0.25, -0.2) is 16.5 Å². The summed E-state index contributed by atoms with van der Waals surface area (Å²) in [4.78, 5) is 21.2. The van der Waals surface area contributed by atoms with Crippen molar-refractivity contribution < 1.29 is 9.72 Å². The lowest BCUT2D eigenvalue weighted by molar-refractivity contribution is -0.384. The smallest absolute Gasteiger partial charge is 0.267 e. The van der Waals surface area contributed by atoms with Crippen molar-refractivity contribution in [3.8, 4) is 0 Å². The first-order chi connectivity index (χ1) is 8.15. The van der Waals surface area contributed by atoms with Crippen LogP contribution < -0.4 is 11.0 Å². The highest BCUT2D eigenvalue weighted by molar-refractivity contribution is 5.94. The Morgan fingerprint density at radius 2 is 2.06 bits per heavy atom. The van der Waals surface area contributed by atoms with Crippen molar-refractivity contribution in [2.45, 2.75) is 0 Å². The lowest BCUT2D eigenvalue weighted by Crippen LogP contribution is -2.33. The molecule has 3 N–H and O–H groups in total. The van der Waals surface area contributed by atoms with E-state index in [0.29, 0.717) is 0 Å². The van der Waals surface area contributed by atoms with Gasteiger partial charge in [0.2, 0.25) is 0 Å². The largest absolute Gasteiger partial charge is 0.270 e. The second-order valence-electron chi connectivity index (χ2n) is 2.74. The fourth-order valence-corrected chi connectivity index (χ4v) is 0.947. The lowest BCUT2D eigenvalue weighted by Gasteiger charge is -2.02.